The molecular formula is C48H78O6. The monoisotopic (exact) mass is 751 g/mol. The number of ether oxygens (including phenoxy) is 3. The van der Waals surface area contributed by atoms with Gasteiger partial charge in [0, 0.05) is 19.3 Å². The van der Waals surface area contributed by atoms with Crippen LogP contribution in [0.3, 0.4) is 0 Å². The van der Waals surface area contributed by atoms with E-state index in [9.17, 15) is 14.4 Å². The number of hydrogen-bond donors (Lipinski definition) is 0. The van der Waals surface area contributed by atoms with Crippen LogP contribution in [0.2, 0.25) is 0 Å². The number of unbranched alkanes of at least 4 members (excludes halogenated alkanes) is 12. The summed E-state index contributed by atoms with van der Waals surface area (Å²) in [4.78, 5) is 37.5. The van der Waals surface area contributed by atoms with Gasteiger partial charge >= 0.3 is 17.9 Å². The predicted molar refractivity (Wildman–Crippen MR) is 228 cm³/mol. The van der Waals surface area contributed by atoms with E-state index in [0.29, 0.717) is 19.3 Å². The van der Waals surface area contributed by atoms with Gasteiger partial charge in [0.25, 0.3) is 0 Å². The lowest BCUT2D eigenvalue weighted by molar-refractivity contribution is -0.167. The highest BCUT2D eigenvalue weighted by atomic mass is 16.6. The van der Waals surface area contributed by atoms with Crippen molar-refractivity contribution in [1.82, 2.24) is 0 Å². The van der Waals surface area contributed by atoms with Crippen molar-refractivity contribution in [3.8, 4) is 0 Å². The van der Waals surface area contributed by atoms with Crippen molar-refractivity contribution in [3.05, 3.63) is 85.1 Å². The minimum Gasteiger partial charge on any atom is -0.462 e. The molecule has 0 aliphatic rings. The Morgan fingerprint density at radius 3 is 1.17 bits per heavy atom. The highest BCUT2D eigenvalue weighted by Crippen LogP contribution is 2.12. The second kappa shape index (κ2) is 42.3. The third-order valence-corrected chi connectivity index (χ3v) is 8.65. The normalized spacial score (nSPS) is 12.9. The predicted octanol–water partition coefficient (Wildman–Crippen LogP) is 13.7. The number of carbonyl (C=O) groups is 3. The average molecular weight is 751 g/mol. The van der Waals surface area contributed by atoms with Crippen molar-refractivity contribution < 1.29 is 28.6 Å². The van der Waals surface area contributed by atoms with E-state index >= 15 is 0 Å². The van der Waals surface area contributed by atoms with Gasteiger partial charge in [-0.25, -0.2) is 0 Å². The molecule has 0 heterocycles. The van der Waals surface area contributed by atoms with Crippen LogP contribution < -0.4 is 0 Å². The highest BCUT2D eigenvalue weighted by Gasteiger charge is 2.19. The SMILES string of the molecule is CC/C=C\C/C=C\C/C=C\C/C=C\CCCCC(=O)OCC(COC(=O)CCCCCCCC)OC(=O)CCCCCCC/C=C\C/C=C\C/C=C\CC. The molecule has 0 aromatic rings. The summed E-state index contributed by atoms with van der Waals surface area (Å²) in [5, 5.41) is 0. The van der Waals surface area contributed by atoms with E-state index in [1.54, 1.807) is 0 Å². The molecule has 0 aliphatic carbocycles. The lowest BCUT2D eigenvalue weighted by Crippen LogP contribution is -2.30. The summed E-state index contributed by atoms with van der Waals surface area (Å²) in [6.07, 6.45) is 53.0. The van der Waals surface area contributed by atoms with Crippen LogP contribution in [0.25, 0.3) is 0 Å². The van der Waals surface area contributed by atoms with E-state index in [-0.39, 0.29) is 31.1 Å². The molecule has 6 nitrogen and oxygen atoms in total. The number of allylic oxidation sites excluding steroid dienone is 14. The van der Waals surface area contributed by atoms with Gasteiger partial charge in [-0.3, -0.25) is 14.4 Å². The number of carbonyl (C=O) groups excluding carboxylic acids is 3. The molecule has 0 aliphatic heterocycles. The Kier molecular flexibility index (Phi) is 39.7. The smallest absolute Gasteiger partial charge is 0.306 e. The van der Waals surface area contributed by atoms with Gasteiger partial charge in [0.2, 0.25) is 0 Å². The first-order chi connectivity index (χ1) is 26.5. The van der Waals surface area contributed by atoms with Gasteiger partial charge in [-0.2, -0.15) is 0 Å². The molecular weight excluding hydrogens is 673 g/mol. The quantitative estimate of drug-likeness (QED) is 0.0272. The molecule has 54 heavy (non-hydrogen) atoms. The number of rotatable bonds is 37. The second-order valence-electron chi connectivity index (χ2n) is 13.8. The molecule has 0 aromatic carbocycles. The largest absolute Gasteiger partial charge is 0.462 e. The number of hydrogen-bond acceptors (Lipinski definition) is 6. The Morgan fingerprint density at radius 1 is 0.389 bits per heavy atom. The van der Waals surface area contributed by atoms with Gasteiger partial charge in [0.1, 0.15) is 13.2 Å². The van der Waals surface area contributed by atoms with Gasteiger partial charge in [-0.05, 0) is 89.9 Å². The van der Waals surface area contributed by atoms with Gasteiger partial charge in [-0.15, -0.1) is 0 Å². The van der Waals surface area contributed by atoms with Crippen molar-refractivity contribution in [2.24, 2.45) is 0 Å². The molecule has 0 spiro atoms. The molecule has 0 rings (SSSR count). The molecule has 306 valence electrons. The summed E-state index contributed by atoms with van der Waals surface area (Å²) in [5.74, 6) is -0.979. The van der Waals surface area contributed by atoms with E-state index < -0.39 is 6.10 Å². The minimum absolute atomic E-state index is 0.0985. The highest BCUT2D eigenvalue weighted by molar-refractivity contribution is 5.71. The zero-order valence-electron chi connectivity index (χ0n) is 34.7. The van der Waals surface area contributed by atoms with Crippen molar-refractivity contribution in [1.29, 1.82) is 0 Å². The number of esters is 3. The molecule has 1 atom stereocenters. The van der Waals surface area contributed by atoms with E-state index in [1.807, 2.05) is 0 Å². The molecule has 0 radical (unpaired) electrons. The Hall–Kier alpha value is -3.41. The second-order valence-corrected chi connectivity index (χ2v) is 13.8. The molecule has 0 aromatic heterocycles. The van der Waals surface area contributed by atoms with Gasteiger partial charge in [-0.1, -0.05) is 157 Å². The molecule has 6 heteroatoms. The summed E-state index contributed by atoms with van der Waals surface area (Å²) in [6.45, 7) is 6.27. The van der Waals surface area contributed by atoms with E-state index in [0.717, 1.165) is 122 Å². The Morgan fingerprint density at radius 2 is 0.722 bits per heavy atom. The zero-order valence-corrected chi connectivity index (χ0v) is 34.7. The van der Waals surface area contributed by atoms with Crippen LogP contribution in [0.5, 0.6) is 0 Å². The summed E-state index contributed by atoms with van der Waals surface area (Å²) < 4.78 is 16.6. The van der Waals surface area contributed by atoms with E-state index in [1.165, 1.54) is 19.3 Å². The van der Waals surface area contributed by atoms with E-state index in [2.05, 4.69) is 106 Å². The maximum absolute atomic E-state index is 12.7. The average Bonchev–Trinajstić information content (AvgIpc) is 3.17. The fourth-order valence-electron chi connectivity index (χ4n) is 5.44. The summed E-state index contributed by atoms with van der Waals surface area (Å²) in [7, 11) is 0. The summed E-state index contributed by atoms with van der Waals surface area (Å²) in [6, 6.07) is 0. The van der Waals surface area contributed by atoms with Crippen molar-refractivity contribution in [3.63, 3.8) is 0 Å². The Balaban J connectivity index is 4.41. The van der Waals surface area contributed by atoms with Crippen molar-refractivity contribution in [2.45, 2.75) is 187 Å². The first-order valence-electron chi connectivity index (χ1n) is 21.6. The van der Waals surface area contributed by atoms with Crippen LogP contribution >= 0.6 is 0 Å². The van der Waals surface area contributed by atoms with Gasteiger partial charge < -0.3 is 14.2 Å². The maximum Gasteiger partial charge on any atom is 0.306 e. The van der Waals surface area contributed by atoms with Crippen LogP contribution in [0.4, 0.5) is 0 Å². The standard InChI is InChI=1S/C48H78O6/c1-4-7-10-13-16-18-20-22-24-26-28-30-32-35-38-41-47(50)53-44-45(43-52-46(49)40-37-34-15-12-9-6-3)54-48(51)42-39-36-33-31-29-27-25-23-21-19-17-14-11-8-5-2/h7-8,10-11,16-19,22-25,28,30,45H,4-6,9,12-15,20-21,26-27,29,31-44H2,1-3H3/b10-7-,11-8-,18-16-,19-17-,24-22-,25-23-,30-28-. The molecule has 0 bridgehead atoms. The van der Waals surface area contributed by atoms with Gasteiger partial charge in [0.15, 0.2) is 6.10 Å². The molecule has 0 amide bonds. The molecule has 0 N–H and O–H groups in total. The molecule has 0 fully saturated rings. The lowest BCUT2D eigenvalue weighted by atomic mass is 10.1. The lowest BCUT2D eigenvalue weighted by Gasteiger charge is -2.18. The third kappa shape index (κ3) is 39.8. The molecule has 1 unspecified atom stereocenters. The topological polar surface area (TPSA) is 78.9 Å². The molecule has 0 saturated heterocycles. The van der Waals surface area contributed by atoms with Crippen LogP contribution in [-0.2, 0) is 28.6 Å². The van der Waals surface area contributed by atoms with Crippen LogP contribution in [0.1, 0.15) is 181 Å². The fraction of sp³-hybridized carbons (Fsp3) is 0.646. The Labute approximate surface area is 331 Å². The van der Waals surface area contributed by atoms with Crippen LogP contribution in [-0.4, -0.2) is 37.2 Å². The summed E-state index contributed by atoms with van der Waals surface area (Å²) >= 11 is 0. The van der Waals surface area contributed by atoms with Gasteiger partial charge in [0.05, 0.1) is 0 Å². The summed E-state index contributed by atoms with van der Waals surface area (Å²) in [5.41, 5.74) is 0. The minimum atomic E-state index is -0.797. The zero-order chi connectivity index (χ0) is 39.4. The maximum atomic E-state index is 12.7. The van der Waals surface area contributed by atoms with Crippen LogP contribution in [0, 0.1) is 0 Å². The Bertz CT molecular complexity index is 1090. The van der Waals surface area contributed by atoms with Crippen LogP contribution in [0.15, 0.2) is 85.1 Å². The van der Waals surface area contributed by atoms with Crippen molar-refractivity contribution >= 4 is 17.9 Å². The first-order valence-corrected chi connectivity index (χ1v) is 21.6. The molecule has 0 saturated carbocycles. The first kappa shape index (κ1) is 50.6. The van der Waals surface area contributed by atoms with E-state index in [4.69, 9.17) is 14.2 Å². The van der Waals surface area contributed by atoms with Crippen molar-refractivity contribution in [2.75, 3.05) is 13.2 Å². The third-order valence-electron chi connectivity index (χ3n) is 8.65. The fourth-order valence-corrected chi connectivity index (χ4v) is 5.44.